The smallest absolute Gasteiger partial charge is 0.309 e. The summed E-state index contributed by atoms with van der Waals surface area (Å²) in [6.45, 7) is 2.46. The largest absolute Gasteiger partial charge is 0.396 e. The molecule has 0 aromatic heterocycles. The second kappa shape index (κ2) is 7.27. The SMILES string of the molecule is C[C@H]1CCCC[C@H]1NC(=O)C(=O)NCCCO. The molecule has 0 unspecified atom stereocenters. The van der Waals surface area contributed by atoms with Crippen LogP contribution in [-0.2, 0) is 9.59 Å². The molecule has 1 fully saturated rings. The monoisotopic (exact) mass is 242 g/mol. The van der Waals surface area contributed by atoms with Gasteiger partial charge in [0.1, 0.15) is 0 Å². The molecule has 0 aromatic rings. The molecule has 0 saturated heterocycles. The van der Waals surface area contributed by atoms with Gasteiger partial charge >= 0.3 is 11.8 Å². The van der Waals surface area contributed by atoms with Crippen LogP contribution in [0.2, 0.25) is 0 Å². The number of hydrogen-bond donors (Lipinski definition) is 3. The van der Waals surface area contributed by atoms with Gasteiger partial charge in [-0.2, -0.15) is 0 Å². The van der Waals surface area contributed by atoms with Gasteiger partial charge in [0.15, 0.2) is 0 Å². The molecule has 0 radical (unpaired) electrons. The average Bonchev–Trinajstić information content (AvgIpc) is 2.32. The van der Waals surface area contributed by atoms with E-state index in [1.54, 1.807) is 0 Å². The summed E-state index contributed by atoms with van der Waals surface area (Å²) in [5, 5.41) is 13.8. The molecule has 1 rings (SSSR count). The van der Waals surface area contributed by atoms with Crippen molar-refractivity contribution in [3.8, 4) is 0 Å². The van der Waals surface area contributed by atoms with E-state index < -0.39 is 11.8 Å². The lowest BCUT2D eigenvalue weighted by molar-refractivity contribution is -0.140. The van der Waals surface area contributed by atoms with Gasteiger partial charge in [0.05, 0.1) is 0 Å². The van der Waals surface area contributed by atoms with Crippen molar-refractivity contribution in [2.24, 2.45) is 5.92 Å². The van der Waals surface area contributed by atoms with Gasteiger partial charge in [-0.05, 0) is 25.2 Å². The molecule has 1 aliphatic rings. The van der Waals surface area contributed by atoms with E-state index in [0.29, 0.717) is 18.9 Å². The maximum absolute atomic E-state index is 11.6. The first kappa shape index (κ1) is 14.0. The van der Waals surface area contributed by atoms with Crippen molar-refractivity contribution in [1.29, 1.82) is 0 Å². The Kier molecular flexibility index (Phi) is 5.97. The number of rotatable bonds is 4. The quantitative estimate of drug-likeness (QED) is 0.486. The van der Waals surface area contributed by atoms with E-state index >= 15 is 0 Å². The fourth-order valence-corrected chi connectivity index (χ4v) is 2.13. The van der Waals surface area contributed by atoms with Crippen LogP contribution in [0.15, 0.2) is 0 Å². The van der Waals surface area contributed by atoms with E-state index in [-0.39, 0.29) is 12.6 Å². The predicted molar refractivity (Wildman–Crippen MR) is 64.3 cm³/mol. The van der Waals surface area contributed by atoms with Crippen LogP contribution in [0.5, 0.6) is 0 Å². The molecule has 1 saturated carbocycles. The highest BCUT2D eigenvalue weighted by atomic mass is 16.3. The van der Waals surface area contributed by atoms with Crippen LogP contribution in [0.3, 0.4) is 0 Å². The maximum atomic E-state index is 11.6. The summed E-state index contributed by atoms with van der Waals surface area (Å²) in [7, 11) is 0. The number of nitrogens with one attached hydrogen (secondary N) is 2. The lowest BCUT2D eigenvalue weighted by Gasteiger charge is -2.29. The van der Waals surface area contributed by atoms with E-state index in [0.717, 1.165) is 19.3 Å². The molecule has 17 heavy (non-hydrogen) atoms. The van der Waals surface area contributed by atoms with Crippen molar-refractivity contribution in [3.63, 3.8) is 0 Å². The van der Waals surface area contributed by atoms with Crippen LogP contribution in [0.25, 0.3) is 0 Å². The van der Waals surface area contributed by atoms with Gasteiger partial charge < -0.3 is 15.7 Å². The molecule has 0 aliphatic heterocycles. The van der Waals surface area contributed by atoms with Gasteiger partial charge in [0.2, 0.25) is 0 Å². The molecule has 5 nitrogen and oxygen atoms in total. The van der Waals surface area contributed by atoms with E-state index in [1.807, 2.05) is 0 Å². The van der Waals surface area contributed by atoms with Crippen LogP contribution >= 0.6 is 0 Å². The normalized spacial score (nSPS) is 24.1. The molecule has 0 heterocycles. The third-order valence-electron chi connectivity index (χ3n) is 3.25. The molecule has 0 spiro atoms. The van der Waals surface area contributed by atoms with Crippen molar-refractivity contribution in [2.75, 3.05) is 13.2 Å². The summed E-state index contributed by atoms with van der Waals surface area (Å²) >= 11 is 0. The zero-order chi connectivity index (χ0) is 12.7. The molecular formula is C12H22N2O3. The van der Waals surface area contributed by atoms with E-state index in [9.17, 15) is 9.59 Å². The first-order valence-electron chi connectivity index (χ1n) is 6.34. The maximum Gasteiger partial charge on any atom is 0.309 e. The summed E-state index contributed by atoms with van der Waals surface area (Å²) < 4.78 is 0. The second-order valence-electron chi connectivity index (χ2n) is 4.67. The summed E-state index contributed by atoms with van der Waals surface area (Å²) in [6, 6.07) is 0.125. The van der Waals surface area contributed by atoms with Crippen molar-refractivity contribution in [3.05, 3.63) is 0 Å². The summed E-state index contributed by atoms with van der Waals surface area (Å²) in [5.74, 6) is -0.712. The molecule has 0 aromatic carbocycles. The molecule has 1 aliphatic carbocycles. The molecule has 0 bridgehead atoms. The van der Waals surface area contributed by atoms with Gasteiger partial charge in [-0.3, -0.25) is 9.59 Å². The lowest BCUT2D eigenvalue weighted by atomic mass is 9.86. The van der Waals surface area contributed by atoms with Gasteiger partial charge in [-0.15, -0.1) is 0 Å². The second-order valence-corrected chi connectivity index (χ2v) is 4.67. The Labute approximate surface area is 102 Å². The topological polar surface area (TPSA) is 78.4 Å². The van der Waals surface area contributed by atoms with E-state index in [4.69, 9.17) is 5.11 Å². The fourth-order valence-electron chi connectivity index (χ4n) is 2.13. The van der Waals surface area contributed by atoms with Crippen LogP contribution in [0.1, 0.15) is 39.0 Å². The highest BCUT2D eigenvalue weighted by Crippen LogP contribution is 2.23. The van der Waals surface area contributed by atoms with Crippen molar-refractivity contribution < 1.29 is 14.7 Å². The number of hydrogen-bond acceptors (Lipinski definition) is 3. The van der Waals surface area contributed by atoms with Crippen LogP contribution in [0.4, 0.5) is 0 Å². The Morgan fingerprint density at radius 2 is 1.94 bits per heavy atom. The van der Waals surface area contributed by atoms with Gasteiger partial charge in [-0.25, -0.2) is 0 Å². The number of aliphatic hydroxyl groups is 1. The van der Waals surface area contributed by atoms with Crippen molar-refractivity contribution >= 4 is 11.8 Å². The summed E-state index contributed by atoms with van der Waals surface area (Å²) in [5.41, 5.74) is 0. The summed E-state index contributed by atoms with van der Waals surface area (Å²) in [6.07, 6.45) is 4.85. The molecule has 2 amide bonds. The molecule has 5 heteroatoms. The zero-order valence-electron chi connectivity index (χ0n) is 10.4. The van der Waals surface area contributed by atoms with Gasteiger partial charge in [-0.1, -0.05) is 19.8 Å². The van der Waals surface area contributed by atoms with Crippen LogP contribution in [0, 0.1) is 5.92 Å². The minimum absolute atomic E-state index is 0.0154. The number of amides is 2. The number of carbonyl (C=O) groups excluding carboxylic acids is 2. The Balaban J connectivity index is 2.29. The minimum atomic E-state index is -0.601. The first-order chi connectivity index (χ1) is 8.15. The molecule has 98 valence electrons. The summed E-state index contributed by atoms with van der Waals surface area (Å²) in [4.78, 5) is 23.0. The van der Waals surface area contributed by atoms with Gasteiger partial charge in [0.25, 0.3) is 0 Å². The Hall–Kier alpha value is -1.10. The highest BCUT2D eigenvalue weighted by molar-refractivity contribution is 6.35. The average molecular weight is 242 g/mol. The molecular weight excluding hydrogens is 220 g/mol. The number of carbonyl (C=O) groups is 2. The van der Waals surface area contributed by atoms with E-state index in [2.05, 4.69) is 17.6 Å². The first-order valence-corrected chi connectivity index (χ1v) is 6.34. The van der Waals surface area contributed by atoms with Crippen LogP contribution < -0.4 is 10.6 Å². The van der Waals surface area contributed by atoms with E-state index in [1.165, 1.54) is 6.42 Å². The highest BCUT2D eigenvalue weighted by Gasteiger charge is 2.25. The Morgan fingerprint density at radius 3 is 2.59 bits per heavy atom. The molecule has 3 N–H and O–H groups in total. The predicted octanol–water partition coefficient (Wildman–Crippen LogP) is 0.180. The third kappa shape index (κ3) is 4.73. The minimum Gasteiger partial charge on any atom is -0.396 e. The zero-order valence-corrected chi connectivity index (χ0v) is 10.4. The van der Waals surface area contributed by atoms with Crippen molar-refractivity contribution in [2.45, 2.75) is 45.1 Å². The molecule has 2 atom stereocenters. The van der Waals surface area contributed by atoms with Gasteiger partial charge in [0, 0.05) is 19.2 Å². The fraction of sp³-hybridized carbons (Fsp3) is 0.833. The Bertz CT molecular complexity index is 268. The third-order valence-corrected chi connectivity index (χ3v) is 3.25. The van der Waals surface area contributed by atoms with Crippen molar-refractivity contribution in [1.82, 2.24) is 10.6 Å². The Morgan fingerprint density at radius 1 is 1.24 bits per heavy atom. The van der Waals surface area contributed by atoms with Crippen LogP contribution in [-0.4, -0.2) is 36.1 Å². The lowest BCUT2D eigenvalue weighted by Crippen LogP contribution is -2.47. The number of aliphatic hydroxyl groups excluding tert-OH is 1. The standard InChI is InChI=1S/C12H22N2O3/c1-9-5-2-3-6-10(9)14-12(17)11(16)13-7-4-8-15/h9-10,15H,2-8H2,1H3,(H,13,16)(H,14,17)/t9-,10+/m0/s1.